The lowest BCUT2D eigenvalue weighted by Crippen LogP contribution is -2.21. The minimum atomic E-state index is -3.41. The van der Waals surface area contributed by atoms with Gasteiger partial charge in [0.15, 0.2) is 16.4 Å². The first-order chi connectivity index (χ1) is 10.4. The molecular weight excluding hydrogens is 302 g/mol. The summed E-state index contributed by atoms with van der Waals surface area (Å²) in [5.74, 6) is 0.171. The Morgan fingerprint density at radius 1 is 1.14 bits per heavy atom. The summed E-state index contributed by atoms with van der Waals surface area (Å²) in [5, 5.41) is 2.56. The number of amides is 1. The van der Waals surface area contributed by atoms with Crippen LogP contribution < -0.4 is 10.1 Å². The number of para-hydroxylation sites is 1. The van der Waals surface area contributed by atoms with E-state index in [9.17, 15) is 13.2 Å². The number of carbonyl (C=O) groups is 1. The Morgan fingerprint density at radius 2 is 1.86 bits per heavy atom. The molecule has 0 unspecified atom stereocenters. The number of benzene rings is 2. The predicted octanol–water partition coefficient (Wildman–Crippen LogP) is 2.42. The van der Waals surface area contributed by atoms with Crippen LogP contribution in [0.3, 0.4) is 0 Å². The Labute approximate surface area is 129 Å². The van der Waals surface area contributed by atoms with Gasteiger partial charge in [-0.15, -0.1) is 0 Å². The van der Waals surface area contributed by atoms with Crippen LogP contribution in [-0.4, -0.2) is 27.2 Å². The SMILES string of the molecule is Cc1cccc(OCC(=O)Nc2ccccc2S(C)(=O)=O)c1. The highest BCUT2D eigenvalue weighted by molar-refractivity contribution is 7.90. The van der Waals surface area contributed by atoms with Gasteiger partial charge in [-0.3, -0.25) is 4.79 Å². The largest absolute Gasteiger partial charge is 0.484 e. The normalized spacial score (nSPS) is 11.0. The molecule has 0 spiro atoms. The van der Waals surface area contributed by atoms with E-state index >= 15 is 0 Å². The lowest BCUT2D eigenvalue weighted by atomic mass is 10.2. The van der Waals surface area contributed by atoms with Crippen molar-refractivity contribution in [3.05, 3.63) is 54.1 Å². The summed E-state index contributed by atoms with van der Waals surface area (Å²) in [6, 6.07) is 13.6. The highest BCUT2D eigenvalue weighted by Gasteiger charge is 2.14. The predicted molar refractivity (Wildman–Crippen MR) is 84.9 cm³/mol. The van der Waals surface area contributed by atoms with Crippen LogP contribution in [0.2, 0.25) is 0 Å². The fraction of sp³-hybridized carbons (Fsp3) is 0.188. The summed E-state index contributed by atoms with van der Waals surface area (Å²) in [6.45, 7) is 1.73. The van der Waals surface area contributed by atoms with E-state index in [0.717, 1.165) is 11.8 Å². The maximum atomic E-state index is 11.9. The molecule has 0 fully saturated rings. The molecule has 0 saturated carbocycles. The van der Waals surface area contributed by atoms with Crippen LogP contribution in [0.5, 0.6) is 5.75 Å². The second kappa shape index (κ2) is 6.62. The van der Waals surface area contributed by atoms with E-state index in [0.29, 0.717) is 5.75 Å². The lowest BCUT2D eigenvalue weighted by Gasteiger charge is -2.10. The Morgan fingerprint density at radius 3 is 2.55 bits per heavy atom. The number of carbonyl (C=O) groups excluding carboxylic acids is 1. The third-order valence-corrected chi connectivity index (χ3v) is 4.08. The van der Waals surface area contributed by atoms with E-state index < -0.39 is 15.7 Å². The molecule has 2 aromatic rings. The standard InChI is InChI=1S/C16H17NO4S/c1-12-6-5-7-13(10-12)21-11-16(18)17-14-8-3-4-9-15(14)22(2,19)20/h3-10H,11H2,1-2H3,(H,17,18). The molecule has 0 atom stereocenters. The monoisotopic (exact) mass is 319 g/mol. The third kappa shape index (κ3) is 4.33. The lowest BCUT2D eigenvalue weighted by molar-refractivity contribution is -0.118. The molecule has 1 N–H and O–H groups in total. The molecule has 22 heavy (non-hydrogen) atoms. The zero-order chi connectivity index (χ0) is 16.2. The Kier molecular flexibility index (Phi) is 4.82. The van der Waals surface area contributed by atoms with Gasteiger partial charge in [0, 0.05) is 6.26 Å². The topological polar surface area (TPSA) is 72.5 Å². The Hall–Kier alpha value is -2.34. The van der Waals surface area contributed by atoms with Crippen molar-refractivity contribution in [3.63, 3.8) is 0 Å². The molecule has 1 amide bonds. The summed E-state index contributed by atoms with van der Waals surface area (Å²) in [5.41, 5.74) is 1.28. The number of rotatable bonds is 5. The van der Waals surface area contributed by atoms with Crippen LogP contribution in [0, 0.1) is 6.92 Å². The second-order valence-electron chi connectivity index (χ2n) is 4.92. The third-order valence-electron chi connectivity index (χ3n) is 2.92. The van der Waals surface area contributed by atoms with Gasteiger partial charge in [0.2, 0.25) is 0 Å². The molecular formula is C16H17NO4S. The number of hydrogen-bond acceptors (Lipinski definition) is 4. The van der Waals surface area contributed by atoms with Gasteiger partial charge in [-0.25, -0.2) is 8.42 Å². The Balaban J connectivity index is 2.04. The number of sulfone groups is 1. The quantitative estimate of drug-likeness (QED) is 0.918. The van der Waals surface area contributed by atoms with Gasteiger partial charge in [0.1, 0.15) is 5.75 Å². The van der Waals surface area contributed by atoms with E-state index in [-0.39, 0.29) is 17.2 Å². The maximum absolute atomic E-state index is 11.9. The van der Waals surface area contributed by atoms with Crippen molar-refractivity contribution in [2.24, 2.45) is 0 Å². The van der Waals surface area contributed by atoms with Crippen molar-refractivity contribution in [2.45, 2.75) is 11.8 Å². The molecule has 0 radical (unpaired) electrons. The summed E-state index contributed by atoms with van der Waals surface area (Å²) >= 11 is 0. The first kappa shape index (κ1) is 16.0. The first-order valence-electron chi connectivity index (χ1n) is 6.64. The van der Waals surface area contributed by atoms with Crippen LogP contribution in [0.4, 0.5) is 5.69 Å². The molecule has 0 bridgehead atoms. The highest BCUT2D eigenvalue weighted by Crippen LogP contribution is 2.20. The van der Waals surface area contributed by atoms with Crippen LogP contribution in [0.15, 0.2) is 53.4 Å². The molecule has 0 aliphatic heterocycles. The van der Waals surface area contributed by atoms with Gasteiger partial charge in [-0.05, 0) is 36.8 Å². The molecule has 0 aliphatic carbocycles. The summed E-state index contributed by atoms with van der Waals surface area (Å²) in [7, 11) is -3.41. The number of anilines is 1. The maximum Gasteiger partial charge on any atom is 0.262 e. The van der Waals surface area contributed by atoms with Crippen molar-refractivity contribution >= 4 is 21.4 Å². The van der Waals surface area contributed by atoms with Gasteiger partial charge in [0.05, 0.1) is 10.6 Å². The van der Waals surface area contributed by atoms with E-state index in [1.165, 1.54) is 6.07 Å². The van der Waals surface area contributed by atoms with E-state index in [2.05, 4.69) is 5.32 Å². The molecule has 2 rings (SSSR count). The van der Waals surface area contributed by atoms with Crippen molar-refractivity contribution in [2.75, 3.05) is 18.2 Å². The first-order valence-corrected chi connectivity index (χ1v) is 8.54. The molecule has 6 heteroatoms. The van der Waals surface area contributed by atoms with E-state index in [1.54, 1.807) is 24.3 Å². The highest BCUT2D eigenvalue weighted by atomic mass is 32.2. The zero-order valence-electron chi connectivity index (χ0n) is 12.4. The molecule has 2 aromatic carbocycles. The summed E-state index contributed by atoms with van der Waals surface area (Å²) in [4.78, 5) is 12.0. The van der Waals surface area contributed by atoms with Gasteiger partial charge in [-0.1, -0.05) is 24.3 Å². The van der Waals surface area contributed by atoms with Crippen LogP contribution in [0.1, 0.15) is 5.56 Å². The van der Waals surface area contributed by atoms with E-state index in [1.807, 2.05) is 25.1 Å². The van der Waals surface area contributed by atoms with Crippen LogP contribution >= 0.6 is 0 Å². The minimum Gasteiger partial charge on any atom is -0.484 e. The second-order valence-corrected chi connectivity index (χ2v) is 6.91. The van der Waals surface area contributed by atoms with Crippen molar-refractivity contribution in [3.8, 4) is 5.75 Å². The zero-order valence-corrected chi connectivity index (χ0v) is 13.2. The minimum absolute atomic E-state index is 0.0823. The molecule has 0 heterocycles. The van der Waals surface area contributed by atoms with Crippen molar-refractivity contribution in [1.82, 2.24) is 0 Å². The van der Waals surface area contributed by atoms with Gasteiger partial charge in [-0.2, -0.15) is 0 Å². The molecule has 5 nitrogen and oxygen atoms in total. The van der Waals surface area contributed by atoms with Crippen molar-refractivity contribution in [1.29, 1.82) is 0 Å². The number of ether oxygens (including phenoxy) is 1. The number of nitrogens with one attached hydrogen (secondary N) is 1. The number of hydrogen-bond donors (Lipinski definition) is 1. The Bertz CT molecular complexity index is 784. The van der Waals surface area contributed by atoms with Crippen LogP contribution in [0.25, 0.3) is 0 Å². The molecule has 116 valence electrons. The van der Waals surface area contributed by atoms with Gasteiger partial charge >= 0.3 is 0 Å². The fourth-order valence-corrected chi connectivity index (χ4v) is 2.78. The summed E-state index contributed by atoms with van der Waals surface area (Å²) in [6.07, 6.45) is 1.10. The molecule has 0 saturated heterocycles. The van der Waals surface area contributed by atoms with Gasteiger partial charge in [0.25, 0.3) is 5.91 Å². The van der Waals surface area contributed by atoms with E-state index in [4.69, 9.17) is 4.74 Å². The van der Waals surface area contributed by atoms with Crippen molar-refractivity contribution < 1.29 is 17.9 Å². The van der Waals surface area contributed by atoms with Gasteiger partial charge < -0.3 is 10.1 Å². The molecule has 0 aliphatic rings. The average Bonchev–Trinajstić information content (AvgIpc) is 2.45. The average molecular weight is 319 g/mol. The summed E-state index contributed by atoms with van der Waals surface area (Å²) < 4.78 is 28.7. The van der Waals surface area contributed by atoms with Crippen LogP contribution in [-0.2, 0) is 14.6 Å². The number of aryl methyl sites for hydroxylation is 1. The smallest absolute Gasteiger partial charge is 0.262 e. The molecule has 0 aromatic heterocycles. The fourth-order valence-electron chi connectivity index (χ4n) is 1.93.